The number of fused-ring (bicyclic) bond motifs is 1. The largest absolute Gasteiger partial charge is 0.237 e. The highest BCUT2D eigenvalue weighted by molar-refractivity contribution is 6.33. The summed E-state index contributed by atoms with van der Waals surface area (Å²) in [6.07, 6.45) is 3.41. The third-order valence-electron chi connectivity index (χ3n) is 2.46. The van der Waals surface area contributed by atoms with Gasteiger partial charge in [0.05, 0.1) is 16.3 Å². The minimum absolute atomic E-state index is 0.305. The van der Waals surface area contributed by atoms with E-state index < -0.39 is 0 Å². The van der Waals surface area contributed by atoms with Crippen LogP contribution in [0.1, 0.15) is 0 Å². The van der Waals surface area contributed by atoms with Crippen molar-refractivity contribution in [1.82, 2.24) is 14.6 Å². The Morgan fingerprint density at radius 2 is 2.12 bits per heavy atom. The van der Waals surface area contributed by atoms with Gasteiger partial charge in [-0.25, -0.2) is 13.9 Å². The number of aromatic nitrogens is 3. The molecule has 3 nitrogen and oxygen atoms in total. The van der Waals surface area contributed by atoms with Crippen molar-refractivity contribution in [3.8, 4) is 11.3 Å². The lowest BCUT2D eigenvalue weighted by molar-refractivity contribution is 0.630. The smallest absolute Gasteiger partial charge is 0.155 e. The fourth-order valence-electron chi connectivity index (χ4n) is 1.69. The molecule has 5 heteroatoms. The fraction of sp³-hybridized carbons (Fsp3) is 0. The average Bonchev–Trinajstić information content (AvgIpc) is 2.71. The van der Waals surface area contributed by atoms with E-state index >= 15 is 0 Å². The van der Waals surface area contributed by atoms with Crippen LogP contribution in [-0.2, 0) is 0 Å². The highest BCUT2D eigenvalue weighted by atomic mass is 35.5. The molecule has 0 aliphatic carbocycles. The van der Waals surface area contributed by atoms with Crippen molar-refractivity contribution in [2.45, 2.75) is 0 Å². The third kappa shape index (κ3) is 1.66. The second kappa shape index (κ2) is 3.82. The molecule has 0 aliphatic heterocycles. The van der Waals surface area contributed by atoms with Gasteiger partial charge in [-0.2, -0.15) is 5.10 Å². The van der Waals surface area contributed by atoms with E-state index in [4.69, 9.17) is 11.6 Å². The summed E-state index contributed by atoms with van der Waals surface area (Å²) in [5.74, 6) is -0.388. The molecule has 0 amide bonds. The molecule has 0 saturated carbocycles. The molecular weight excluding hydrogens is 241 g/mol. The summed E-state index contributed by atoms with van der Waals surface area (Å²) < 4.78 is 15.3. The Morgan fingerprint density at radius 1 is 1.24 bits per heavy atom. The Kier molecular flexibility index (Phi) is 2.30. The van der Waals surface area contributed by atoms with Crippen molar-refractivity contribution in [2.24, 2.45) is 0 Å². The zero-order chi connectivity index (χ0) is 11.8. The second-order valence-electron chi connectivity index (χ2n) is 3.55. The van der Waals surface area contributed by atoms with Gasteiger partial charge in [0.2, 0.25) is 0 Å². The van der Waals surface area contributed by atoms with Crippen LogP contribution in [0.3, 0.4) is 0 Å². The predicted octanol–water partition coefficient (Wildman–Crippen LogP) is 3.19. The minimum atomic E-state index is -0.388. The van der Waals surface area contributed by atoms with Gasteiger partial charge in [-0.15, -0.1) is 0 Å². The Bertz CT molecular complexity index is 640. The normalized spacial score (nSPS) is 10.9. The summed E-state index contributed by atoms with van der Waals surface area (Å²) in [4.78, 5) is 4.12. The fourth-order valence-corrected chi connectivity index (χ4v) is 1.95. The number of nitrogens with zero attached hydrogens (tertiary/aromatic N) is 3. The lowest BCUT2D eigenvalue weighted by atomic mass is 10.1. The molecule has 2 aromatic heterocycles. The molecule has 3 aromatic rings. The van der Waals surface area contributed by atoms with E-state index in [1.807, 2.05) is 0 Å². The van der Waals surface area contributed by atoms with Crippen molar-refractivity contribution in [3.05, 3.63) is 53.6 Å². The van der Waals surface area contributed by atoms with E-state index in [9.17, 15) is 4.39 Å². The van der Waals surface area contributed by atoms with Gasteiger partial charge in [-0.05, 0) is 18.2 Å². The lowest BCUT2D eigenvalue weighted by Crippen LogP contribution is -1.89. The quantitative estimate of drug-likeness (QED) is 0.661. The number of halogens is 2. The van der Waals surface area contributed by atoms with Crippen LogP contribution in [0.2, 0.25) is 5.02 Å². The van der Waals surface area contributed by atoms with Gasteiger partial charge < -0.3 is 0 Å². The van der Waals surface area contributed by atoms with Crippen molar-refractivity contribution in [1.29, 1.82) is 0 Å². The van der Waals surface area contributed by atoms with Crippen LogP contribution in [0.25, 0.3) is 16.9 Å². The second-order valence-corrected chi connectivity index (χ2v) is 3.96. The van der Waals surface area contributed by atoms with Crippen LogP contribution in [0.15, 0.2) is 42.7 Å². The monoisotopic (exact) mass is 247 g/mol. The van der Waals surface area contributed by atoms with E-state index in [-0.39, 0.29) is 5.82 Å². The van der Waals surface area contributed by atoms with Crippen LogP contribution in [0, 0.1) is 5.82 Å². The molecule has 0 fully saturated rings. The van der Waals surface area contributed by atoms with Crippen LogP contribution in [0.4, 0.5) is 4.39 Å². The molecule has 2 heterocycles. The molecule has 0 unspecified atom stereocenters. The van der Waals surface area contributed by atoms with Crippen molar-refractivity contribution >= 4 is 17.2 Å². The summed E-state index contributed by atoms with van der Waals surface area (Å²) in [6.45, 7) is 0. The maximum absolute atomic E-state index is 13.7. The number of hydrogen-bond donors (Lipinski definition) is 0. The zero-order valence-electron chi connectivity index (χ0n) is 8.64. The number of hydrogen-bond acceptors (Lipinski definition) is 2. The van der Waals surface area contributed by atoms with Crippen molar-refractivity contribution in [2.75, 3.05) is 0 Å². The Hall–Kier alpha value is -1.94. The first-order valence-corrected chi connectivity index (χ1v) is 5.38. The molecular formula is C12H7ClFN3. The lowest BCUT2D eigenvalue weighted by Gasteiger charge is -2.00. The van der Waals surface area contributed by atoms with Gasteiger partial charge in [0.1, 0.15) is 5.82 Å². The average molecular weight is 248 g/mol. The van der Waals surface area contributed by atoms with E-state index in [0.717, 1.165) is 0 Å². The summed E-state index contributed by atoms with van der Waals surface area (Å²) in [5, 5.41) is 4.58. The molecule has 0 aliphatic rings. The topological polar surface area (TPSA) is 30.2 Å². The molecule has 1 aromatic carbocycles. The molecule has 0 bridgehead atoms. The third-order valence-corrected chi connectivity index (χ3v) is 2.77. The van der Waals surface area contributed by atoms with Crippen molar-refractivity contribution < 1.29 is 4.39 Å². The number of rotatable bonds is 1. The summed E-state index contributed by atoms with van der Waals surface area (Å²) in [6, 6.07) is 8.02. The molecule has 0 atom stereocenters. The summed E-state index contributed by atoms with van der Waals surface area (Å²) in [7, 11) is 0. The molecule has 84 valence electrons. The molecule has 0 radical (unpaired) electrons. The molecule has 0 N–H and O–H groups in total. The van der Waals surface area contributed by atoms with Crippen LogP contribution < -0.4 is 0 Å². The Morgan fingerprint density at radius 3 is 2.88 bits per heavy atom. The maximum Gasteiger partial charge on any atom is 0.155 e. The highest BCUT2D eigenvalue weighted by Gasteiger charge is 2.13. The van der Waals surface area contributed by atoms with Gasteiger partial charge in [0, 0.05) is 18.5 Å². The highest BCUT2D eigenvalue weighted by Crippen LogP contribution is 2.29. The van der Waals surface area contributed by atoms with Gasteiger partial charge >= 0.3 is 0 Å². The standard InChI is InChI=1S/C12H7ClFN3/c13-8-3-1-4-9(14)12(8)10-7-11-15-5-2-6-17(11)16-10/h1-7H. The Balaban J connectivity index is 2.27. The van der Waals surface area contributed by atoms with Gasteiger partial charge in [-0.1, -0.05) is 17.7 Å². The van der Waals surface area contributed by atoms with E-state index in [0.29, 0.717) is 21.9 Å². The Labute approximate surface area is 101 Å². The summed E-state index contributed by atoms with van der Waals surface area (Å²) in [5.41, 5.74) is 1.44. The SMILES string of the molecule is Fc1cccc(Cl)c1-c1cc2ncccn2n1. The van der Waals surface area contributed by atoms with E-state index in [1.54, 1.807) is 41.2 Å². The van der Waals surface area contributed by atoms with E-state index in [1.165, 1.54) is 6.07 Å². The predicted molar refractivity (Wildman–Crippen MR) is 63.4 cm³/mol. The molecule has 0 spiro atoms. The first kappa shape index (κ1) is 10.2. The van der Waals surface area contributed by atoms with Crippen LogP contribution in [0.5, 0.6) is 0 Å². The minimum Gasteiger partial charge on any atom is -0.237 e. The van der Waals surface area contributed by atoms with E-state index in [2.05, 4.69) is 10.1 Å². The first-order valence-electron chi connectivity index (χ1n) is 5.00. The van der Waals surface area contributed by atoms with Gasteiger partial charge in [0.15, 0.2) is 5.65 Å². The van der Waals surface area contributed by atoms with Crippen LogP contribution in [-0.4, -0.2) is 14.6 Å². The molecule has 0 saturated heterocycles. The van der Waals surface area contributed by atoms with Crippen LogP contribution >= 0.6 is 11.6 Å². The molecule has 17 heavy (non-hydrogen) atoms. The number of benzene rings is 1. The van der Waals surface area contributed by atoms with Crippen molar-refractivity contribution in [3.63, 3.8) is 0 Å². The van der Waals surface area contributed by atoms with Gasteiger partial charge in [-0.3, -0.25) is 0 Å². The maximum atomic E-state index is 13.7. The summed E-state index contributed by atoms with van der Waals surface area (Å²) >= 11 is 5.98. The molecule has 3 rings (SSSR count). The zero-order valence-corrected chi connectivity index (χ0v) is 9.39. The first-order chi connectivity index (χ1) is 8.25. The van der Waals surface area contributed by atoms with Gasteiger partial charge in [0.25, 0.3) is 0 Å².